The first-order valence-corrected chi connectivity index (χ1v) is 8.28. The summed E-state index contributed by atoms with van der Waals surface area (Å²) < 4.78 is 0. The monoisotopic (exact) mass is 325 g/mol. The Morgan fingerprint density at radius 1 is 1.12 bits per heavy atom. The lowest BCUT2D eigenvalue weighted by molar-refractivity contribution is 0.198. The van der Waals surface area contributed by atoms with Crippen LogP contribution >= 0.6 is 0 Å². The number of phenols is 2. The minimum absolute atomic E-state index is 0.0695. The van der Waals surface area contributed by atoms with Crippen LogP contribution in [0.1, 0.15) is 36.0 Å². The molecule has 2 unspecified atom stereocenters. The number of aliphatic hydroxyl groups excluding tert-OH is 1. The quantitative estimate of drug-likeness (QED) is 0.651. The average molecular weight is 325 g/mol. The number of aliphatic hydroxyl groups is 1. The van der Waals surface area contributed by atoms with E-state index in [0.29, 0.717) is 18.4 Å². The lowest BCUT2D eigenvalue weighted by Gasteiger charge is -2.33. The molecule has 126 valence electrons. The van der Waals surface area contributed by atoms with E-state index in [4.69, 9.17) is 5.73 Å². The fourth-order valence-electron chi connectivity index (χ4n) is 3.66. The van der Waals surface area contributed by atoms with Crippen molar-refractivity contribution in [1.82, 2.24) is 0 Å². The van der Waals surface area contributed by atoms with Gasteiger partial charge in [0, 0.05) is 18.0 Å². The van der Waals surface area contributed by atoms with Gasteiger partial charge in [0.05, 0.1) is 6.10 Å². The summed E-state index contributed by atoms with van der Waals surface area (Å²) >= 11 is 0. The molecule has 24 heavy (non-hydrogen) atoms. The number of rotatable bonds is 4. The third-order valence-corrected chi connectivity index (χ3v) is 4.87. The number of hydrogen-bond acceptors (Lipinski definition) is 4. The van der Waals surface area contributed by atoms with Gasteiger partial charge in [-0.2, -0.15) is 0 Å². The minimum atomic E-state index is -0.585. The van der Waals surface area contributed by atoms with Crippen LogP contribution < -0.4 is 5.73 Å². The molecule has 2 aromatic rings. The smallest absolute Gasteiger partial charge is 0.161 e. The molecule has 0 bridgehead atoms. The van der Waals surface area contributed by atoms with Crippen LogP contribution in [0.25, 0.3) is 5.57 Å². The summed E-state index contributed by atoms with van der Waals surface area (Å²) in [7, 11) is 0. The molecule has 2 atom stereocenters. The van der Waals surface area contributed by atoms with Gasteiger partial charge >= 0.3 is 0 Å². The highest BCUT2D eigenvalue weighted by Gasteiger charge is 2.33. The Balaban J connectivity index is 2.25. The molecule has 3 rings (SSSR count). The van der Waals surface area contributed by atoms with Crippen LogP contribution in [-0.2, 0) is 6.42 Å². The van der Waals surface area contributed by atoms with Gasteiger partial charge in [0.25, 0.3) is 0 Å². The third-order valence-electron chi connectivity index (χ3n) is 4.87. The van der Waals surface area contributed by atoms with Gasteiger partial charge < -0.3 is 21.1 Å². The van der Waals surface area contributed by atoms with Crippen molar-refractivity contribution in [1.29, 1.82) is 0 Å². The SMILES string of the molecule is CCC(O)C1=C(CN)c2ccc(O)c(O)c2CC1c1ccccc1. The topological polar surface area (TPSA) is 86.7 Å². The molecule has 1 aliphatic carbocycles. The minimum Gasteiger partial charge on any atom is -0.504 e. The van der Waals surface area contributed by atoms with Gasteiger partial charge in [0.1, 0.15) is 0 Å². The summed E-state index contributed by atoms with van der Waals surface area (Å²) in [5.41, 5.74) is 10.4. The Labute approximate surface area is 141 Å². The van der Waals surface area contributed by atoms with E-state index in [1.54, 1.807) is 6.07 Å². The summed E-state index contributed by atoms with van der Waals surface area (Å²) in [5, 5.41) is 30.8. The van der Waals surface area contributed by atoms with Crippen molar-refractivity contribution >= 4 is 5.57 Å². The van der Waals surface area contributed by atoms with Crippen LogP contribution in [0.5, 0.6) is 11.5 Å². The zero-order valence-corrected chi connectivity index (χ0v) is 13.7. The molecule has 0 amide bonds. The number of aromatic hydroxyl groups is 2. The van der Waals surface area contributed by atoms with Gasteiger partial charge in [-0.15, -0.1) is 0 Å². The molecule has 0 heterocycles. The third kappa shape index (κ3) is 2.68. The van der Waals surface area contributed by atoms with Crippen LogP contribution in [0, 0.1) is 0 Å². The molecule has 4 nitrogen and oxygen atoms in total. The molecule has 5 N–H and O–H groups in total. The van der Waals surface area contributed by atoms with Crippen molar-refractivity contribution in [3.05, 3.63) is 64.7 Å². The maximum atomic E-state index is 10.6. The Bertz CT molecular complexity index is 768. The van der Waals surface area contributed by atoms with Crippen LogP contribution in [0.4, 0.5) is 0 Å². The number of phenolic OH excluding ortho intramolecular Hbond substituents is 2. The molecule has 0 radical (unpaired) electrons. The number of benzene rings is 2. The van der Waals surface area contributed by atoms with Crippen LogP contribution in [0.15, 0.2) is 48.0 Å². The molecule has 0 spiro atoms. The van der Waals surface area contributed by atoms with E-state index in [2.05, 4.69) is 0 Å². The molecule has 0 saturated heterocycles. The highest BCUT2D eigenvalue weighted by atomic mass is 16.3. The predicted molar refractivity (Wildman–Crippen MR) is 94.9 cm³/mol. The van der Waals surface area contributed by atoms with Crippen molar-refractivity contribution < 1.29 is 15.3 Å². The summed E-state index contributed by atoms with van der Waals surface area (Å²) in [4.78, 5) is 0. The van der Waals surface area contributed by atoms with E-state index < -0.39 is 6.10 Å². The second-order valence-corrected chi connectivity index (χ2v) is 6.19. The van der Waals surface area contributed by atoms with Gasteiger partial charge in [-0.1, -0.05) is 43.3 Å². The first-order chi connectivity index (χ1) is 11.6. The van der Waals surface area contributed by atoms with E-state index in [9.17, 15) is 15.3 Å². The van der Waals surface area contributed by atoms with Crippen LogP contribution in [-0.4, -0.2) is 28.0 Å². The molecule has 1 aliphatic rings. The summed E-state index contributed by atoms with van der Waals surface area (Å²) in [6.07, 6.45) is 0.537. The highest BCUT2D eigenvalue weighted by molar-refractivity contribution is 5.79. The van der Waals surface area contributed by atoms with Gasteiger partial charge in [0.2, 0.25) is 0 Å². The highest BCUT2D eigenvalue weighted by Crippen LogP contribution is 2.46. The van der Waals surface area contributed by atoms with Crippen LogP contribution in [0.2, 0.25) is 0 Å². The number of hydrogen-bond donors (Lipinski definition) is 4. The van der Waals surface area contributed by atoms with Gasteiger partial charge in [-0.05, 0) is 41.2 Å². The average Bonchev–Trinajstić information content (AvgIpc) is 2.63. The van der Waals surface area contributed by atoms with E-state index in [-0.39, 0.29) is 24.0 Å². The van der Waals surface area contributed by atoms with Crippen molar-refractivity contribution in [2.45, 2.75) is 31.8 Å². The molecule has 2 aromatic carbocycles. The zero-order valence-electron chi connectivity index (χ0n) is 13.7. The molecular weight excluding hydrogens is 302 g/mol. The second-order valence-electron chi connectivity index (χ2n) is 6.19. The van der Waals surface area contributed by atoms with Crippen molar-refractivity contribution in [3.63, 3.8) is 0 Å². The Morgan fingerprint density at radius 2 is 1.83 bits per heavy atom. The van der Waals surface area contributed by atoms with E-state index >= 15 is 0 Å². The Kier molecular flexibility index (Phi) is 4.60. The van der Waals surface area contributed by atoms with Crippen molar-refractivity contribution in [3.8, 4) is 11.5 Å². The van der Waals surface area contributed by atoms with Gasteiger partial charge in [-0.25, -0.2) is 0 Å². The summed E-state index contributed by atoms with van der Waals surface area (Å²) in [5.74, 6) is -0.291. The fourth-order valence-corrected chi connectivity index (χ4v) is 3.66. The molecule has 4 heteroatoms. The van der Waals surface area contributed by atoms with Crippen molar-refractivity contribution in [2.24, 2.45) is 5.73 Å². The molecule has 0 aliphatic heterocycles. The zero-order chi connectivity index (χ0) is 17.3. The summed E-state index contributed by atoms with van der Waals surface area (Å²) in [6, 6.07) is 13.2. The fraction of sp³-hybridized carbons (Fsp3) is 0.300. The molecule has 0 fully saturated rings. The largest absolute Gasteiger partial charge is 0.504 e. The lowest BCUT2D eigenvalue weighted by Crippen LogP contribution is -2.26. The Morgan fingerprint density at radius 3 is 2.46 bits per heavy atom. The van der Waals surface area contributed by atoms with E-state index in [1.807, 2.05) is 37.3 Å². The molecule has 0 saturated carbocycles. The first-order valence-electron chi connectivity index (χ1n) is 8.28. The second kappa shape index (κ2) is 6.67. The predicted octanol–water partition coefficient (Wildman–Crippen LogP) is 2.92. The van der Waals surface area contributed by atoms with Crippen LogP contribution in [0.3, 0.4) is 0 Å². The number of fused-ring (bicyclic) bond motifs is 1. The standard InChI is InChI=1S/C20H23NO3/c1-2-17(22)19-14(12-6-4-3-5-7-12)10-15-13(16(19)11-21)8-9-18(23)20(15)24/h3-9,14,17,22-24H,2,10-11,21H2,1H3. The lowest BCUT2D eigenvalue weighted by atomic mass is 9.73. The van der Waals surface area contributed by atoms with E-state index in [1.165, 1.54) is 6.07 Å². The first kappa shape index (κ1) is 16.6. The summed E-state index contributed by atoms with van der Waals surface area (Å²) in [6.45, 7) is 2.21. The van der Waals surface area contributed by atoms with Gasteiger partial charge in [0.15, 0.2) is 11.5 Å². The Hall–Kier alpha value is -2.30. The molecular formula is C20H23NO3. The van der Waals surface area contributed by atoms with Gasteiger partial charge in [-0.3, -0.25) is 0 Å². The molecule has 0 aromatic heterocycles. The number of nitrogens with two attached hydrogens (primary N) is 1. The maximum Gasteiger partial charge on any atom is 0.161 e. The van der Waals surface area contributed by atoms with E-state index in [0.717, 1.165) is 22.3 Å². The normalized spacial score (nSPS) is 18.4. The maximum absolute atomic E-state index is 10.6. The van der Waals surface area contributed by atoms with Crippen molar-refractivity contribution in [2.75, 3.05) is 6.54 Å².